The molecule has 0 fully saturated rings. The lowest BCUT2D eigenvalue weighted by atomic mass is 9.96. The summed E-state index contributed by atoms with van der Waals surface area (Å²) >= 11 is 0. The van der Waals surface area contributed by atoms with Crippen LogP contribution in [-0.4, -0.2) is 19.0 Å². The van der Waals surface area contributed by atoms with Crippen LogP contribution in [0.25, 0.3) is 0 Å². The summed E-state index contributed by atoms with van der Waals surface area (Å²) < 4.78 is 5.54. The molecule has 0 saturated carbocycles. The molecule has 2 N–H and O–H groups in total. The van der Waals surface area contributed by atoms with Gasteiger partial charge in [-0.05, 0) is 48.7 Å². The molecule has 1 aliphatic heterocycles. The van der Waals surface area contributed by atoms with Gasteiger partial charge in [0.25, 0.3) is 5.91 Å². The summed E-state index contributed by atoms with van der Waals surface area (Å²) in [4.78, 5) is 12.2. The summed E-state index contributed by atoms with van der Waals surface area (Å²) in [7, 11) is 0. The highest BCUT2D eigenvalue weighted by Gasteiger charge is 2.20. The zero-order valence-corrected chi connectivity index (χ0v) is 12.2. The highest BCUT2D eigenvalue weighted by molar-refractivity contribution is 5.96. The van der Waals surface area contributed by atoms with Crippen molar-refractivity contribution in [2.24, 2.45) is 0 Å². The summed E-state index contributed by atoms with van der Waals surface area (Å²) in [6, 6.07) is 9.97. The summed E-state index contributed by atoms with van der Waals surface area (Å²) in [5.74, 6) is 0.893. The molecule has 1 aromatic carbocycles. The maximum atomic E-state index is 12.2. The van der Waals surface area contributed by atoms with Crippen LogP contribution < -0.4 is 10.6 Å². The smallest absolute Gasteiger partial charge is 0.251 e. The topological polar surface area (TPSA) is 54.3 Å². The van der Waals surface area contributed by atoms with Crippen molar-refractivity contribution in [1.82, 2.24) is 10.6 Å². The number of benzene rings is 1. The van der Waals surface area contributed by atoms with Gasteiger partial charge in [-0.2, -0.15) is 0 Å². The van der Waals surface area contributed by atoms with Gasteiger partial charge in [-0.1, -0.05) is 19.1 Å². The summed E-state index contributed by atoms with van der Waals surface area (Å²) in [5.41, 5.74) is 2.98. The summed E-state index contributed by atoms with van der Waals surface area (Å²) in [5, 5.41) is 6.36. The van der Waals surface area contributed by atoms with E-state index < -0.39 is 0 Å². The van der Waals surface area contributed by atoms with Gasteiger partial charge in [0.1, 0.15) is 5.76 Å². The van der Waals surface area contributed by atoms with Crippen LogP contribution in [0.15, 0.2) is 41.0 Å². The number of carbonyl (C=O) groups is 1. The molecule has 0 radical (unpaired) electrons. The second-order valence-corrected chi connectivity index (χ2v) is 5.28. The van der Waals surface area contributed by atoms with Crippen molar-refractivity contribution < 1.29 is 9.21 Å². The number of fused-ring (bicyclic) bond motifs is 1. The molecule has 1 aromatic heterocycles. The number of rotatable bonds is 4. The third kappa shape index (κ3) is 2.85. The van der Waals surface area contributed by atoms with Crippen LogP contribution >= 0.6 is 0 Å². The first-order chi connectivity index (χ1) is 10.3. The van der Waals surface area contributed by atoms with E-state index in [4.69, 9.17) is 4.42 Å². The van der Waals surface area contributed by atoms with Crippen molar-refractivity contribution in [3.63, 3.8) is 0 Å². The number of hydrogen-bond donors (Lipinski definition) is 2. The first-order valence-electron chi connectivity index (χ1n) is 7.47. The molecule has 0 saturated heterocycles. The SMILES string of the molecule is CCNC(c1ccc2c(c1)C(=O)NCCC2)c1ccco1. The molecule has 2 aromatic rings. The molecule has 3 rings (SSSR count). The van der Waals surface area contributed by atoms with Gasteiger partial charge in [-0.3, -0.25) is 4.79 Å². The van der Waals surface area contributed by atoms with E-state index in [2.05, 4.69) is 29.7 Å². The predicted molar refractivity (Wildman–Crippen MR) is 81.3 cm³/mol. The summed E-state index contributed by atoms with van der Waals surface area (Å²) in [6.07, 6.45) is 3.61. The van der Waals surface area contributed by atoms with Gasteiger partial charge in [-0.15, -0.1) is 0 Å². The Labute approximate surface area is 124 Å². The minimum absolute atomic E-state index is 0.0219. The standard InChI is InChI=1S/C17H20N2O2/c1-2-18-16(15-6-4-10-21-15)13-8-7-12-5-3-9-19-17(20)14(12)11-13/h4,6-8,10-11,16,18H,2-3,5,9H2,1H3,(H,19,20). The molecule has 0 aliphatic carbocycles. The van der Waals surface area contributed by atoms with Gasteiger partial charge in [0.15, 0.2) is 0 Å². The van der Waals surface area contributed by atoms with Gasteiger partial charge in [-0.25, -0.2) is 0 Å². The Balaban J connectivity index is 1.99. The van der Waals surface area contributed by atoms with Gasteiger partial charge >= 0.3 is 0 Å². The molecule has 4 heteroatoms. The minimum Gasteiger partial charge on any atom is -0.467 e. The summed E-state index contributed by atoms with van der Waals surface area (Å²) in [6.45, 7) is 3.64. The van der Waals surface area contributed by atoms with Gasteiger partial charge in [0, 0.05) is 12.1 Å². The third-order valence-electron chi connectivity index (χ3n) is 3.86. The number of amides is 1. The predicted octanol–water partition coefficient (Wildman–Crippen LogP) is 2.65. The van der Waals surface area contributed by atoms with Gasteiger partial charge in [0.2, 0.25) is 0 Å². The Morgan fingerprint density at radius 1 is 1.38 bits per heavy atom. The molecule has 0 spiro atoms. The second-order valence-electron chi connectivity index (χ2n) is 5.28. The molecule has 1 aliphatic rings. The Morgan fingerprint density at radius 2 is 2.29 bits per heavy atom. The Morgan fingerprint density at radius 3 is 3.05 bits per heavy atom. The zero-order valence-electron chi connectivity index (χ0n) is 12.2. The monoisotopic (exact) mass is 284 g/mol. The number of nitrogens with one attached hydrogen (secondary N) is 2. The van der Waals surface area contributed by atoms with Crippen LogP contribution in [0.4, 0.5) is 0 Å². The molecule has 2 heterocycles. The van der Waals surface area contributed by atoms with Crippen molar-refractivity contribution in [3.8, 4) is 0 Å². The Hall–Kier alpha value is -2.07. The fourth-order valence-corrected chi connectivity index (χ4v) is 2.82. The first kappa shape index (κ1) is 13.9. The van der Waals surface area contributed by atoms with E-state index in [1.165, 1.54) is 0 Å². The number of aryl methyl sites for hydroxylation is 1. The Kier molecular flexibility index (Phi) is 4.06. The molecule has 4 nitrogen and oxygen atoms in total. The maximum Gasteiger partial charge on any atom is 0.251 e. The Bertz CT molecular complexity index is 620. The van der Waals surface area contributed by atoms with Crippen molar-refractivity contribution in [3.05, 3.63) is 59.0 Å². The van der Waals surface area contributed by atoms with Crippen LogP contribution in [0, 0.1) is 0 Å². The number of furan rings is 1. The van der Waals surface area contributed by atoms with Crippen molar-refractivity contribution in [2.75, 3.05) is 13.1 Å². The maximum absolute atomic E-state index is 12.2. The zero-order chi connectivity index (χ0) is 14.7. The van der Waals surface area contributed by atoms with Crippen LogP contribution in [0.3, 0.4) is 0 Å². The third-order valence-corrected chi connectivity index (χ3v) is 3.86. The molecule has 1 atom stereocenters. The fourth-order valence-electron chi connectivity index (χ4n) is 2.82. The average molecular weight is 284 g/mol. The largest absolute Gasteiger partial charge is 0.467 e. The lowest BCUT2D eigenvalue weighted by Crippen LogP contribution is -2.24. The molecular formula is C17H20N2O2. The highest BCUT2D eigenvalue weighted by atomic mass is 16.3. The molecule has 0 bridgehead atoms. The van der Waals surface area contributed by atoms with Crippen LogP contribution in [0.5, 0.6) is 0 Å². The van der Waals surface area contributed by atoms with E-state index in [-0.39, 0.29) is 11.9 Å². The second kappa shape index (κ2) is 6.14. The van der Waals surface area contributed by atoms with Gasteiger partial charge < -0.3 is 15.1 Å². The van der Waals surface area contributed by atoms with E-state index in [1.807, 2.05) is 18.2 Å². The highest BCUT2D eigenvalue weighted by Crippen LogP contribution is 2.26. The van der Waals surface area contributed by atoms with E-state index in [9.17, 15) is 4.79 Å². The fraction of sp³-hybridized carbons (Fsp3) is 0.353. The molecule has 1 unspecified atom stereocenters. The van der Waals surface area contributed by atoms with Crippen molar-refractivity contribution in [1.29, 1.82) is 0 Å². The lowest BCUT2D eigenvalue weighted by Gasteiger charge is -2.17. The molecule has 110 valence electrons. The van der Waals surface area contributed by atoms with Crippen LogP contribution in [0.1, 0.15) is 46.6 Å². The quantitative estimate of drug-likeness (QED) is 0.907. The first-order valence-corrected chi connectivity index (χ1v) is 7.47. The van der Waals surface area contributed by atoms with E-state index in [1.54, 1.807) is 6.26 Å². The minimum atomic E-state index is -0.0219. The van der Waals surface area contributed by atoms with E-state index in [0.29, 0.717) is 0 Å². The van der Waals surface area contributed by atoms with Crippen LogP contribution in [0.2, 0.25) is 0 Å². The number of carbonyl (C=O) groups excluding carboxylic acids is 1. The van der Waals surface area contributed by atoms with Crippen LogP contribution in [-0.2, 0) is 6.42 Å². The van der Waals surface area contributed by atoms with E-state index in [0.717, 1.165) is 48.4 Å². The van der Waals surface area contributed by atoms with Gasteiger partial charge in [0.05, 0.1) is 12.3 Å². The molecule has 1 amide bonds. The van der Waals surface area contributed by atoms with Crippen molar-refractivity contribution in [2.45, 2.75) is 25.8 Å². The lowest BCUT2D eigenvalue weighted by molar-refractivity contribution is 0.0956. The number of hydrogen-bond acceptors (Lipinski definition) is 3. The molecular weight excluding hydrogens is 264 g/mol. The van der Waals surface area contributed by atoms with Crippen molar-refractivity contribution >= 4 is 5.91 Å². The van der Waals surface area contributed by atoms with E-state index >= 15 is 0 Å². The average Bonchev–Trinajstić information content (AvgIpc) is 2.96. The molecule has 21 heavy (non-hydrogen) atoms. The normalized spacial score (nSPS) is 16.0.